The van der Waals surface area contributed by atoms with Gasteiger partial charge in [-0.15, -0.1) is 0 Å². The number of hydrogen-bond acceptors (Lipinski definition) is 1. The van der Waals surface area contributed by atoms with Crippen LogP contribution in [0.15, 0.2) is 12.1 Å². The smallest absolute Gasteiger partial charge is 0.255 e. The zero-order chi connectivity index (χ0) is 14.0. The molecule has 104 valence electrons. The maximum atomic E-state index is 13.2. The van der Waals surface area contributed by atoms with Crippen molar-refractivity contribution in [3.63, 3.8) is 0 Å². The molecule has 0 heterocycles. The second kappa shape index (κ2) is 5.87. The third-order valence-corrected chi connectivity index (χ3v) is 3.51. The van der Waals surface area contributed by atoms with Crippen LogP contribution in [0.25, 0.3) is 0 Å². The van der Waals surface area contributed by atoms with Gasteiger partial charge in [-0.3, -0.25) is 4.79 Å². The van der Waals surface area contributed by atoms with Gasteiger partial charge in [0.25, 0.3) is 5.91 Å². The van der Waals surface area contributed by atoms with E-state index in [9.17, 15) is 13.6 Å². The van der Waals surface area contributed by atoms with Gasteiger partial charge in [-0.05, 0) is 37.3 Å². The maximum absolute atomic E-state index is 13.2. The minimum atomic E-state index is -1.05. The first kappa shape index (κ1) is 14.3. The first-order valence-corrected chi connectivity index (χ1v) is 6.84. The summed E-state index contributed by atoms with van der Waals surface area (Å²) < 4.78 is 26.2. The molecule has 0 saturated heterocycles. The Balaban J connectivity index is 2.22. The van der Waals surface area contributed by atoms with Gasteiger partial charge in [-0.1, -0.05) is 18.5 Å². The van der Waals surface area contributed by atoms with Gasteiger partial charge >= 0.3 is 0 Å². The number of nitrogens with zero attached hydrogens (tertiary/aromatic N) is 1. The predicted molar refractivity (Wildman–Crippen MR) is 70.3 cm³/mol. The molecule has 2 rings (SSSR count). The number of amides is 1. The minimum absolute atomic E-state index is 0.0367. The summed E-state index contributed by atoms with van der Waals surface area (Å²) in [6, 6.07) is 1.74. The predicted octanol–water partition coefficient (Wildman–Crippen LogP) is 3.88. The second-order valence-corrected chi connectivity index (χ2v) is 5.35. The highest BCUT2D eigenvalue weighted by Gasteiger charge is 2.28. The van der Waals surface area contributed by atoms with Crippen LogP contribution in [-0.4, -0.2) is 23.9 Å². The zero-order valence-corrected chi connectivity index (χ0v) is 11.5. The summed E-state index contributed by atoms with van der Waals surface area (Å²) in [5.74, 6) is -1.86. The molecule has 1 aliphatic carbocycles. The van der Waals surface area contributed by atoms with Gasteiger partial charge < -0.3 is 4.90 Å². The molecule has 0 N–H and O–H groups in total. The fourth-order valence-corrected chi connectivity index (χ4v) is 2.25. The van der Waals surface area contributed by atoms with Crippen LogP contribution < -0.4 is 0 Å². The van der Waals surface area contributed by atoms with Crippen molar-refractivity contribution in [3.8, 4) is 0 Å². The van der Waals surface area contributed by atoms with Crippen molar-refractivity contribution in [2.75, 3.05) is 13.1 Å². The van der Waals surface area contributed by atoms with E-state index in [1.54, 1.807) is 4.90 Å². The molecule has 0 bridgehead atoms. The van der Waals surface area contributed by atoms with Gasteiger partial charge in [-0.2, -0.15) is 0 Å². The Morgan fingerprint density at radius 1 is 1.37 bits per heavy atom. The Hall–Kier alpha value is -1.16. The summed E-state index contributed by atoms with van der Waals surface area (Å²) in [6.45, 7) is 3.24. The minimum Gasteiger partial charge on any atom is -0.338 e. The zero-order valence-electron chi connectivity index (χ0n) is 10.8. The third kappa shape index (κ3) is 3.44. The molecule has 1 saturated carbocycles. The number of halogens is 3. The number of hydrogen-bond donors (Lipinski definition) is 0. The molecular formula is C14H16ClF2NO. The molecule has 1 aromatic rings. The highest BCUT2D eigenvalue weighted by molar-refractivity contribution is 6.33. The second-order valence-electron chi connectivity index (χ2n) is 4.94. The standard InChI is InChI=1S/C14H16ClF2NO/c1-2-5-18(8-9-3-4-9)14(19)10-6-12(16)13(17)7-11(10)15/h6-7,9H,2-5,8H2,1H3. The van der Waals surface area contributed by atoms with E-state index >= 15 is 0 Å². The molecule has 1 amide bonds. The van der Waals surface area contributed by atoms with Crippen LogP contribution >= 0.6 is 11.6 Å². The molecule has 1 aliphatic rings. The summed E-state index contributed by atoms with van der Waals surface area (Å²) in [6.07, 6.45) is 3.07. The van der Waals surface area contributed by atoms with Crippen molar-refractivity contribution in [1.82, 2.24) is 4.90 Å². The Kier molecular flexibility index (Phi) is 4.40. The molecular weight excluding hydrogens is 272 g/mol. The van der Waals surface area contributed by atoms with Gasteiger partial charge in [-0.25, -0.2) is 8.78 Å². The number of carbonyl (C=O) groups excluding carboxylic acids is 1. The third-order valence-electron chi connectivity index (χ3n) is 3.20. The van der Waals surface area contributed by atoms with E-state index in [-0.39, 0.29) is 16.5 Å². The molecule has 0 atom stereocenters. The topological polar surface area (TPSA) is 20.3 Å². The van der Waals surface area contributed by atoms with E-state index in [1.807, 2.05) is 6.92 Å². The highest BCUT2D eigenvalue weighted by atomic mass is 35.5. The first-order chi connectivity index (χ1) is 9.02. The lowest BCUT2D eigenvalue weighted by molar-refractivity contribution is 0.0747. The van der Waals surface area contributed by atoms with Gasteiger partial charge in [0.1, 0.15) is 0 Å². The highest BCUT2D eigenvalue weighted by Crippen LogP contribution is 2.31. The van der Waals surface area contributed by atoms with Gasteiger partial charge in [0.2, 0.25) is 0 Å². The lowest BCUT2D eigenvalue weighted by atomic mass is 10.1. The van der Waals surface area contributed by atoms with Crippen molar-refractivity contribution < 1.29 is 13.6 Å². The average Bonchev–Trinajstić information content (AvgIpc) is 3.16. The summed E-state index contributed by atoms with van der Waals surface area (Å²) in [5.41, 5.74) is 0.0367. The maximum Gasteiger partial charge on any atom is 0.255 e. The summed E-state index contributed by atoms with van der Waals surface area (Å²) in [4.78, 5) is 14.0. The summed E-state index contributed by atoms with van der Waals surface area (Å²) >= 11 is 5.84. The number of carbonyl (C=O) groups is 1. The molecule has 0 unspecified atom stereocenters. The monoisotopic (exact) mass is 287 g/mol. The van der Waals surface area contributed by atoms with Gasteiger partial charge in [0.15, 0.2) is 11.6 Å². The fourth-order valence-electron chi connectivity index (χ4n) is 2.01. The van der Waals surface area contributed by atoms with Crippen molar-refractivity contribution in [2.24, 2.45) is 5.92 Å². The lowest BCUT2D eigenvalue weighted by Crippen LogP contribution is -2.34. The SMILES string of the molecule is CCCN(CC1CC1)C(=O)c1cc(F)c(F)cc1Cl. The van der Waals surface area contributed by atoms with Crippen LogP contribution in [0, 0.1) is 17.6 Å². The van der Waals surface area contributed by atoms with E-state index < -0.39 is 11.6 Å². The fraction of sp³-hybridized carbons (Fsp3) is 0.500. The Morgan fingerprint density at radius 2 is 2.00 bits per heavy atom. The molecule has 0 spiro atoms. The van der Waals surface area contributed by atoms with Crippen LogP contribution in [-0.2, 0) is 0 Å². The first-order valence-electron chi connectivity index (χ1n) is 6.46. The van der Waals surface area contributed by atoms with Gasteiger partial charge in [0, 0.05) is 13.1 Å². The molecule has 19 heavy (non-hydrogen) atoms. The van der Waals surface area contributed by atoms with E-state index in [4.69, 9.17) is 11.6 Å². The largest absolute Gasteiger partial charge is 0.338 e. The summed E-state index contributed by atoms with van der Waals surface area (Å²) in [5, 5.41) is -0.0409. The Morgan fingerprint density at radius 3 is 2.58 bits per heavy atom. The van der Waals surface area contributed by atoms with Crippen molar-refractivity contribution in [2.45, 2.75) is 26.2 Å². The van der Waals surface area contributed by atoms with Crippen LogP contribution in [0.5, 0.6) is 0 Å². The van der Waals surface area contributed by atoms with Crippen molar-refractivity contribution >= 4 is 17.5 Å². The molecule has 5 heteroatoms. The van der Waals surface area contributed by atoms with Crippen LogP contribution in [0.2, 0.25) is 5.02 Å². The van der Waals surface area contributed by atoms with Crippen LogP contribution in [0.3, 0.4) is 0 Å². The normalized spacial score (nSPS) is 14.5. The van der Waals surface area contributed by atoms with Crippen LogP contribution in [0.4, 0.5) is 8.78 Å². The molecule has 1 fully saturated rings. The van der Waals surface area contributed by atoms with E-state index in [0.717, 1.165) is 31.4 Å². The molecule has 1 aromatic carbocycles. The molecule has 0 aliphatic heterocycles. The van der Waals surface area contributed by atoms with Crippen molar-refractivity contribution in [1.29, 1.82) is 0 Å². The van der Waals surface area contributed by atoms with E-state index in [1.165, 1.54) is 0 Å². The van der Waals surface area contributed by atoms with Gasteiger partial charge in [0.05, 0.1) is 10.6 Å². The average molecular weight is 288 g/mol. The molecule has 2 nitrogen and oxygen atoms in total. The molecule has 0 aromatic heterocycles. The van der Waals surface area contributed by atoms with E-state index in [2.05, 4.69) is 0 Å². The lowest BCUT2D eigenvalue weighted by Gasteiger charge is -2.22. The Labute approximate surface area is 116 Å². The van der Waals surface area contributed by atoms with Crippen LogP contribution in [0.1, 0.15) is 36.5 Å². The quantitative estimate of drug-likeness (QED) is 0.753. The van der Waals surface area contributed by atoms with E-state index in [0.29, 0.717) is 19.0 Å². The van der Waals surface area contributed by atoms with Crippen molar-refractivity contribution in [3.05, 3.63) is 34.4 Å². The number of rotatable bonds is 5. The summed E-state index contributed by atoms with van der Waals surface area (Å²) in [7, 11) is 0. The molecule has 0 radical (unpaired) electrons. The Bertz CT molecular complexity index is 489. The number of benzene rings is 1.